The monoisotopic (exact) mass is 458 g/mol. The Morgan fingerprint density at radius 3 is 2.47 bits per heavy atom. The molecule has 2 rings (SSSR count). The van der Waals surface area contributed by atoms with Crippen molar-refractivity contribution in [2.24, 2.45) is 0 Å². The first kappa shape index (κ1) is 24.8. The van der Waals surface area contributed by atoms with Gasteiger partial charge in [0.1, 0.15) is 24.8 Å². The van der Waals surface area contributed by atoms with Gasteiger partial charge in [0.05, 0.1) is 23.3 Å². The van der Waals surface area contributed by atoms with Crippen LogP contribution in [-0.4, -0.2) is 41.1 Å². The number of hydrogen-bond donors (Lipinski definition) is 1. The zero-order valence-electron chi connectivity index (χ0n) is 17.5. The second-order valence-corrected chi connectivity index (χ2v) is 8.25. The van der Waals surface area contributed by atoms with Crippen molar-refractivity contribution in [3.63, 3.8) is 0 Å². The first-order valence-electron chi connectivity index (χ1n) is 9.15. The summed E-state index contributed by atoms with van der Waals surface area (Å²) >= 11 is 0. The molecule has 11 heteroatoms. The third-order valence-electron chi connectivity index (χ3n) is 4.20. The van der Waals surface area contributed by atoms with Gasteiger partial charge in [-0.05, 0) is 12.5 Å². The summed E-state index contributed by atoms with van der Waals surface area (Å²) in [5, 5.41) is 20.9. The summed E-state index contributed by atoms with van der Waals surface area (Å²) in [7, 11) is -2.82. The number of carbonyl (C=O) groups is 1. The van der Waals surface area contributed by atoms with Crippen LogP contribution < -0.4 is 5.30 Å². The van der Waals surface area contributed by atoms with E-state index in [1.54, 1.807) is 0 Å². The molecule has 0 saturated heterocycles. The highest BCUT2D eigenvalue weighted by Gasteiger charge is 2.50. The van der Waals surface area contributed by atoms with Gasteiger partial charge < -0.3 is 4.74 Å². The zero-order chi connectivity index (χ0) is 23.9. The largest absolute Gasteiger partial charge is 0.465 e. The Kier molecular flexibility index (Phi) is 8.29. The summed E-state index contributed by atoms with van der Waals surface area (Å²) in [5.41, 5.74) is -0.525. The Balaban J connectivity index is 3.04. The first-order chi connectivity index (χ1) is 15.2. The molecule has 2 aromatic rings. The molecule has 0 fully saturated rings. The zero-order valence-corrected chi connectivity index (χ0v) is 18.4. The maximum absolute atomic E-state index is 12.7. The van der Waals surface area contributed by atoms with Gasteiger partial charge in [-0.2, -0.15) is 19.2 Å². The van der Waals surface area contributed by atoms with Gasteiger partial charge in [-0.1, -0.05) is 24.3 Å². The van der Waals surface area contributed by atoms with Gasteiger partial charge in [-0.25, -0.2) is 9.78 Å². The normalized spacial score (nSPS) is 10.8. The van der Waals surface area contributed by atoms with Gasteiger partial charge in [0, 0.05) is 12.1 Å². The summed E-state index contributed by atoms with van der Waals surface area (Å²) in [4.78, 5) is 39.0. The fourth-order valence-corrected chi connectivity index (χ4v) is 4.88. The van der Waals surface area contributed by atoms with Crippen LogP contribution in [0.5, 0.6) is 0 Å². The van der Waals surface area contributed by atoms with Crippen molar-refractivity contribution in [2.75, 3.05) is 20.3 Å². The number of nitro groups is 1. The highest BCUT2D eigenvalue weighted by atomic mass is 31.2. The molecule has 0 atom stereocenters. The van der Waals surface area contributed by atoms with Gasteiger partial charge in [-0.15, -0.1) is 13.2 Å². The summed E-state index contributed by atoms with van der Waals surface area (Å²) in [6, 6.07) is 7.21. The Labute approximate surface area is 185 Å². The lowest BCUT2D eigenvalue weighted by Gasteiger charge is -2.21. The first-order valence-corrected chi connectivity index (χ1v) is 10.7. The molecule has 0 radical (unpaired) electrons. The van der Waals surface area contributed by atoms with E-state index < -0.39 is 18.8 Å². The molecule has 0 unspecified atom stereocenters. The minimum atomic E-state index is -3.93. The molecule has 0 aliphatic carbocycles. The van der Waals surface area contributed by atoms with Gasteiger partial charge in [0.15, 0.2) is 5.69 Å². The Bertz CT molecular complexity index is 1100. The van der Waals surface area contributed by atoms with Crippen molar-refractivity contribution in [2.45, 2.75) is 6.92 Å². The molecular weight excluding hydrogens is 437 g/mol. The summed E-state index contributed by atoms with van der Waals surface area (Å²) in [6.45, 7) is 8.39. The molecular formula is C21H21N3O7P+. The van der Waals surface area contributed by atoms with E-state index in [1.807, 2.05) is 6.07 Å². The number of nitrogens with zero attached hydrogens (tertiary/aromatic N) is 3. The Morgan fingerprint density at radius 1 is 1.34 bits per heavy atom. The average Bonchev–Trinajstić information content (AvgIpc) is 2.80. The van der Waals surface area contributed by atoms with Gasteiger partial charge in [0.2, 0.25) is 5.30 Å². The van der Waals surface area contributed by atoms with E-state index in [1.165, 1.54) is 43.3 Å². The summed E-state index contributed by atoms with van der Waals surface area (Å²) in [6.07, 6.45) is 2.78. The summed E-state index contributed by atoms with van der Waals surface area (Å²) < 4.78 is 16.0. The lowest BCUT2D eigenvalue weighted by atomic mass is 9.97. The van der Waals surface area contributed by atoms with Gasteiger partial charge in [-0.3, -0.25) is 10.1 Å². The molecule has 1 aromatic heterocycles. The molecule has 32 heavy (non-hydrogen) atoms. The molecule has 166 valence electrons. The third-order valence-corrected chi connectivity index (χ3v) is 6.31. The van der Waals surface area contributed by atoms with E-state index in [0.29, 0.717) is 0 Å². The number of methoxy groups -OCH3 is 1. The molecule has 0 saturated carbocycles. The number of carbonyl (C=O) groups excluding carboxylic acids is 1. The van der Waals surface area contributed by atoms with Crippen LogP contribution in [-0.2, 0) is 13.8 Å². The summed E-state index contributed by atoms with van der Waals surface area (Å²) in [5.74, 6) is -0.921. The number of rotatable bonds is 10. The molecule has 0 bridgehead atoms. The third kappa shape index (κ3) is 5.04. The van der Waals surface area contributed by atoms with Crippen LogP contribution >= 0.6 is 7.94 Å². The number of nitro benzene ring substituents is 1. The standard InChI is InChI=1S/C21H21N3O7P/c1-5-10-30-32(28,31-11-6-2)20-14(3)23-17(13-22)19(21(25)29-4)18(20)15-8-7-9-16(12-15)24(26)27/h5-9,12,28H,1-2,10-11H2,3-4H3/q+1. The number of benzene rings is 1. The molecule has 1 aromatic carbocycles. The predicted octanol–water partition coefficient (Wildman–Crippen LogP) is 3.41. The van der Waals surface area contributed by atoms with Gasteiger partial charge in [0.25, 0.3) is 5.69 Å². The highest BCUT2D eigenvalue weighted by molar-refractivity contribution is 7.69. The van der Waals surface area contributed by atoms with Gasteiger partial charge >= 0.3 is 13.9 Å². The molecule has 0 aliphatic heterocycles. The minimum absolute atomic E-state index is 0.00596. The number of nitriles is 1. The van der Waals surface area contributed by atoms with Crippen LogP contribution in [0, 0.1) is 28.4 Å². The smallest absolute Gasteiger partial charge is 0.449 e. The van der Waals surface area contributed by atoms with E-state index in [-0.39, 0.29) is 52.3 Å². The van der Waals surface area contributed by atoms with Crippen molar-refractivity contribution in [3.8, 4) is 17.2 Å². The fraction of sp³-hybridized carbons (Fsp3) is 0.190. The SMILES string of the molecule is C=CCO[P+](O)(OCC=C)c1c(C)nc(C#N)c(C(=O)OC)c1-c1cccc([N+](=O)[O-])c1. The van der Waals surface area contributed by atoms with E-state index in [4.69, 9.17) is 13.8 Å². The number of aromatic nitrogens is 1. The Morgan fingerprint density at radius 2 is 1.97 bits per heavy atom. The van der Waals surface area contributed by atoms with Crippen LogP contribution in [0.3, 0.4) is 0 Å². The molecule has 10 nitrogen and oxygen atoms in total. The Hall–Kier alpha value is -3.48. The van der Waals surface area contributed by atoms with Crippen LogP contribution in [0.4, 0.5) is 5.69 Å². The number of hydrogen-bond acceptors (Lipinski definition) is 9. The lowest BCUT2D eigenvalue weighted by molar-refractivity contribution is -0.384. The van der Waals surface area contributed by atoms with E-state index in [0.717, 1.165) is 7.11 Å². The van der Waals surface area contributed by atoms with Crippen LogP contribution in [0.1, 0.15) is 21.7 Å². The maximum Gasteiger partial charge on any atom is 0.449 e. The fourth-order valence-electron chi connectivity index (χ4n) is 2.95. The van der Waals surface area contributed by atoms with Crippen molar-refractivity contribution >= 4 is 24.9 Å². The van der Waals surface area contributed by atoms with Crippen LogP contribution in [0.15, 0.2) is 49.6 Å². The number of aryl methyl sites for hydroxylation is 1. The number of non-ortho nitro benzene ring substituents is 1. The molecule has 0 amide bonds. The van der Waals surface area contributed by atoms with Crippen LogP contribution in [0.2, 0.25) is 0 Å². The van der Waals surface area contributed by atoms with Crippen molar-refractivity contribution in [1.82, 2.24) is 4.98 Å². The van der Waals surface area contributed by atoms with E-state index >= 15 is 0 Å². The molecule has 1 heterocycles. The molecule has 1 N–H and O–H groups in total. The number of esters is 1. The lowest BCUT2D eigenvalue weighted by Crippen LogP contribution is -2.27. The molecule has 0 spiro atoms. The predicted molar refractivity (Wildman–Crippen MR) is 118 cm³/mol. The van der Waals surface area contributed by atoms with E-state index in [2.05, 4.69) is 18.1 Å². The van der Waals surface area contributed by atoms with Crippen molar-refractivity contribution in [3.05, 3.63) is 76.6 Å². The van der Waals surface area contributed by atoms with E-state index in [9.17, 15) is 25.1 Å². The van der Waals surface area contributed by atoms with Crippen molar-refractivity contribution < 1.29 is 28.4 Å². The highest BCUT2D eigenvalue weighted by Crippen LogP contribution is 2.58. The number of pyridine rings is 1. The number of ether oxygens (including phenoxy) is 1. The average molecular weight is 458 g/mol. The topological polar surface area (TPSA) is 145 Å². The van der Waals surface area contributed by atoms with Crippen molar-refractivity contribution in [1.29, 1.82) is 5.26 Å². The second kappa shape index (κ2) is 10.7. The minimum Gasteiger partial charge on any atom is -0.465 e. The maximum atomic E-state index is 12.7. The van der Waals surface area contributed by atoms with Crippen LogP contribution in [0.25, 0.3) is 11.1 Å². The second-order valence-electron chi connectivity index (χ2n) is 6.24. The quantitative estimate of drug-likeness (QED) is 0.186. The molecule has 0 aliphatic rings.